The molecule has 0 aliphatic heterocycles. The maximum Gasteiger partial charge on any atom is 0.136 e. The molecule has 0 spiro atoms. The third kappa shape index (κ3) is 4.96. The van der Waals surface area contributed by atoms with E-state index in [4.69, 9.17) is 0 Å². The highest BCUT2D eigenvalue weighted by atomic mass is 16.1. The zero-order chi connectivity index (χ0) is 11.8. The van der Waals surface area contributed by atoms with E-state index in [-0.39, 0.29) is 5.92 Å². The van der Waals surface area contributed by atoms with E-state index in [1.54, 1.807) is 12.5 Å². The molecule has 0 amide bonds. The summed E-state index contributed by atoms with van der Waals surface area (Å²) in [5, 5.41) is 0. The van der Waals surface area contributed by atoms with E-state index in [0.717, 1.165) is 6.42 Å². The number of carbonyl (C=O) groups excluding carboxylic acids is 1. The number of Topliss-reactive ketones (excluding diaryl/α,β-unsaturated/α-hetero) is 1. The first kappa shape index (κ1) is 13.5. The minimum absolute atomic E-state index is 0.208. The van der Waals surface area contributed by atoms with Crippen molar-refractivity contribution in [2.45, 2.75) is 71.6 Å². The first-order valence-electron chi connectivity index (χ1n) is 6.94. The van der Waals surface area contributed by atoms with E-state index < -0.39 is 0 Å². The lowest BCUT2D eigenvalue weighted by molar-refractivity contribution is -0.119. The van der Waals surface area contributed by atoms with E-state index in [9.17, 15) is 4.79 Å². The summed E-state index contributed by atoms with van der Waals surface area (Å²) >= 11 is 0. The van der Waals surface area contributed by atoms with Crippen molar-refractivity contribution < 1.29 is 4.79 Å². The summed E-state index contributed by atoms with van der Waals surface area (Å²) in [6, 6.07) is 0. The average Bonchev–Trinajstić information content (AvgIpc) is 2.29. The molecule has 1 aliphatic carbocycles. The summed E-state index contributed by atoms with van der Waals surface area (Å²) in [4.78, 5) is 11.6. The first-order chi connectivity index (χ1) is 7.74. The molecule has 0 aromatic heterocycles. The number of ketones is 1. The van der Waals surface area contributed by atoms with Crippen LogP contribution in [0.25, 0.3) is 0 Å². The van der Waals surface area contributed by atoms with Crippen molar-refractivity contribution in [1.82, 2.24) is 0 Å². The van der Waals surface area contributed by atoms with Crippen LogP contribution in [0.15, 0.2) is 11.6 Å². The Hall–Kier alpha value is -0.590. The van der Waals surface area contributed by atoms with Crippen molar-refractivity contribution in [1.29, 1.82) is 0 Å². The first-order valence-corrected chi connectivity index (χ1v) is 6.94. The van der Waals surface area contributed by atoms with Crippen LogP contribution in [-0.4, -0.2) is 5.78 Å². The van der Waals surface area contributed by atoms with Crippen LogP contribution < -0.4 is 0 Å². The van der Waals surface area contributed by atoms with Gasteiger partial charge in [0.05, 0.1) is 0 Å². The van der Waals surface area contributed by atoms with E-state index in [1.165, 1.54) is 51.4 Å². The molecule has 1 rings (SSSR count). The summed E-state index contributed by atoms with van der Waals surface area (Å²) in [5.41, 5.74) is 1.54. The summed E-state index contributed by atoms with van der Waals surface area (Å²) in [7, 11) is 0. The van der Waals surface area contributed by atoms with Crippen LogP contribution in [0.4, 0.5) is 0 Å². The summed E-state index contributed by atoms with van der Waals surface area (Å²) in [5.74, 6) is 0.564. The van der Waals surface area contributed by atoms with Crippen molar-refractivity contribution in [3.05, 3.63) is 11.6 Å². The van der Waals surface area contributed by atoms with Gasteiger partial charge in [-0.1, -0.05) is 44.3 Å². The predicted molar refractivity (Wildman–Crippen MR) is 69.5 cm³/mol. The van der Waals surface area contributed by atoms with Crippen LogP contribution in [0.2, 0.25) is 0 Å². The Balaban J connectivity index is 2.45. The molecule has 1 heteroatoms. The Labute approximate surface area is 100 Å². The minimum atomic E-state index is 0.208. The smallest absolute Gasteiger partial charge is 0.136 e. The lowest BCUT2D eigenvalue weighted by atomic mass is 9.89. The van der Waals surface area contributed by atoms with Gasteiger partial charge in [0.2, 0.25) is 0 Å². The van der Waals surface area contributed by atoms with Crippen LogP contribution in [0, 0.1) is 5.92 Å². The molecule has 92 valence electrons. The molecule has 0 heterocycles. The Kier molecular flexibility index (Phi) is 6.44. The molecule has 0 saturated heterocycles. The third-order valence-electron chi connectivity index (χ3n) is 3.57. The SMILES string of the molecule is CCCCCC(C=C1CCCCC1)C(C)=O. The lowest BCUT2D eigenvalue weighted by Gasteiger charge is -2.17. The van der Waals surface area contributed by atoms with Gasteiger partial charge in [0.1, 0.15) is 5.78 Å². The molecule has 0 N–H and O–H groups in total. The Morgan fingerprint density at radius 1 is 1.25 bits per heavy atom. The Bertz CT molecular complexity index is 232. The molecule has 0 aromatic carbocycles. The van der Waals surface area contributed by atoms with Crippen molar-refractivity contribution in [3.8, 4) is 0 Å². The van der Waals surface area contributed by atoms with Gasteiger partial charge in [-0.2, -0.15) is 0 Å². The predicted octanol–water partition coefficient (Wildman–Crippen LogP) is 4.66. The van der Waals surface area contributed by atoms with Crippen molar-refractivity contribution >= 4 is 5.78 Å². The maximum atomic E-state index is 11.6. The van der Waals surface area contributed by atoms with Crippen molar-refractivity contribution in [3.63, 3.8) is 0 Å². The highest BCUT2D eigenvalue weighted by Crippen LogP contribution is 2.25. The Morgan fingerprint density at radius 3 is 2.50 bits per heavy atom. The molecule has 1 nitrogen and oxygen atoms in total. The minimum Gasteiger partial charge on any atom is -0.299 e. The molecule has 16 heavy (non-hydrogen) atoms. The molecular formula is C15H26O. The van der Waals surface area contributed by atoms with Gasteiger partial charge >= 0.3 is 0 Å². The van der Waals surface area contributed by atoms with Gasteiger partial charge < -0.3 is 0 Å². The zero-order valence-electron chi connectivity index (χ0n) is 10.9. The average molecular weight is 222 g/mol. The molecular weight excluding hydrogens is 196 g/mol. The third-order valence-corrected chi connectivity index (χ3v) is 3.57. The van der Waals surface area contributed by atoms with Crippen LogP contribution >= 0.6 is 0 Å². The molecule has 1 aliphatic rings. The fourth-order valence-electron chi connectivity index (χ4n) is 2.48. The van der Waals surface area contributed by atoms with Crippen molar-refractivity contribution in [2.75, 3.05) is 0 Å². The second-order valence-electron chi connectivity index (χ2n) is 5.10. The van der Waals surface area contributed by atoms with Crippen LogP contribution in [0.1, 0.15) is 71.6 Å². The highest BCUT2D eigenvalue weighted by molar-refractivity contribution is 5.80. The largest absolute Gasteiger partial charge is 0.299 e. The number of unbranched alkanes of at least 4 members (excludes halogenated alkanes) is 2. The van der Waals surface area contributed by atoms with Gasteiger partial charge in [-0.3, -0.25) is 4.79 Å². The molecule has 0 aromatic rings. The maximum absolute atomic E-state index is 11.6. The summed E-state index contributed by atoms with van der Waals surface area (Å²) < 4.78 is 0. The van der Waals surface area contributed by atoms with Gasteiger partial charge in [0.15, 0.2) is 0 Å². The quantitative estimate of drug-likeness (QED) is 0.472. The highest BCUT2D eigenvalue weighted by Gasteiger charge is 2.13. The topological polar surface area (TPSA) is 17.1 Å². The molecule has 1 fully saturated rings. The monoisotopic (exact) mass is 222 g/mol. The molecule has 0 bridgehead atoms. The molecule has 1 saturated carbocycles. The number of hydrogen-bond acceptors (Lipinski definition) is 1. The van der Waals surface area contributed by atoms with Crippen LogP contribution in [-0.2, 0) is 4.79 Å². The van der Waals surface area contributed by atoms with Gasteiger partial charge in [0, 0.05) is 5.92 Å². The fraction of sp³-hybridized carbons (Fsp3) is 0.800. The van der Waals surface area contributed by atoms with Crippen molar-refractivity contribution in [2.24, 2.45) is 5.92 Å². The van der Waals surface area contributed by atoms with Gasteiger partial charge in [0.25, 0.3) is 0 Å². The lowest BCUT2D eigenvalue weighted by Crippen LogP contribution is -2.10. The van der Waals surface area contributed by atoms with E-state index in [1.807, 2.05) is 0 Å². The normalized spacial score (nSPS) is 18.2. The summed E-state index contributed by atoms with van der Waals surface area (Å²) in [6.45, 7) is 3.96. The zero-order valence-corrected chi connectivity index (χ0v) is 10.9. The standard InChI is InChI=1S/C15H26O/c1-3-4-6-11-15(13(2)16)12-14-9-7-5-8-10-14/h12,15H,3-11H2,1-2H3. The second-order valence-corrected chi connectivity index (χ2v) is 5.10. The van der Waals surface area contributed by atoms with E-state index >= 15 is 0 Å². The Morgan fingerprint density at radius 2 is 1.94 bits per heavy atom. The number of rotatable bonds is 6. The number of hydrogen-bond donors (Lipinski definition) is 0. The van der Waals surface area contributed by atoms with E-state index in [0.29, 0.717) is 5.78 Å². The van der Waals surface area contributed by atoms with Gasteiger partial charge in [-0.05, 0) is 39.0 Å². The van der Waals surface area contributed by atoms with Crippen LogP contribution in [0.5, 0.6) is 0 Å². The number of carbonyl (C=O) groups is 1. The number of allylic oxidation sites excluding steroid dienone is 2. The second kappa shape index (κ2) is 7.65. The molecule has 1 atom stereocenters. The molecule has 0 radical (unpaired) electrons. The fourth-order valence-corrected chi connectivity index (χ4v) is 2.48. The van der Waals surface area contributed by atoms with Gasteiger partial charge in [-0.25, -0.2) is 0 Å². The van der Waals surface area contributed by atoms with Crippen LogP contribution in [0.3, 0.4) is 0 Å². The van der Waals surface area contributed by atoms with E-state index in [2.05, 4.69) is 13.0 Å². The van der Waals surface area contributed by atoms with Gasteiger partial charge in [-0.15, -0.1) is 0 Å². The molecule has 1 unspecified atom stereocenters. The summed E-state index contributed by atoms with van der Waals surface area (Å²) in [6.07, 6.45) is 13.5.